The van der Waals surface area contributed by atoms with Gasteiger partial charge in [-0.1, -0.05) is 0 Å². The summed E-state index contributed by atoms with van der Waals surface area (Å²) in [5.41, 5.74) is -0.362. The van der Waals surface area contributed by atoms with Crippen LogP contribution in [0.4, 0.5) is 14.6 Å². The van der Waals surface area contributed by atoms with Gasteiger partial charge in [-0.25, -0.2) is 13.6 Å². The van der Waals surface area contributed by atoms with Crippen molar-refractivity contribution in [2.45, 2.75) is 19.9 Å². The monoisotopic (exact) mass is 249 g/mol. The average molecular weight is 249 g/mol. The number of nitro groups is 1. The van der Waals surface area contributed by atoms with Crippen LogP contribution in [0.15, 0.2) is 6.07 Å². The lowest BCUT2D eigenvalue weighted by Gasteiger charge is -2.01. The standard InChI is InChI=1S/C8H9F2N3O4/c1-2-17-8(14)5-3-7(13(15)16)11-12(5)4-6(9)10/h3,6H,2,4H2,1H3. The van der Waals surface area contributed by atoms with E-state index in [1.165, 1.54) is 6.92 Å². The Bertz CT molecular complexity index is 432. The maximum absolute atomic E-state index is 12.2. The molecule has 7 nitrogen and oxygen atoms in total. The Balaban J connectivity index is 3.07. The number of halogens is 2. The van der Waals surface area contributed by atoms with Crippen molar-refractivity contribution >= 4 is 11.8 Å². The summed E-state index contributed by atoms with van der Waals surface area (Å²) in [4.78, 5) is 20.9. The molecule has 0 bridgehead atoms. The van der Waals surface area contributed by atoms with Gasteiger partial charge in [0.1, 0.15) is 6.54 Å². The molecule has 0 aliphatic heterocycles. The molecule has 0 fully saturated rings. The average Bonchev–Trinajstić information content (AvgIpc) is 2.61. The van der Waals surface area contributed by atoms with E-state index >= 15 is 0 Å². The van der Waals surface area contributed by atoms with Gasteiger partial charge < -0.3 is 14.9 Å². The summed E-state index contributed by atoms with van der Waals surface area (Å²) < 4.78 is 29.5. The summed E-state index contributed by atoms with van der Waals surface area (Å²) in [5, 5.41) is 13.7. The van der Waals surface area contributed by atoms with Gasteiger partial charge >= 0.3 is 11.8 Å². The third-order valence-corrected chi connectivity index (χ3v) is 1.75. The molecule has 0 aromatic carbocycles. The maximum Gasteiger partial charge on any atom is 0.390 e. The zero-order valence-electron chi connectivity index (χ0n) is 8.80. The van der Waals surface area contributed by atoms with Crippen LogP contribution in [0.5, 0.6) is 0 Å². The topological polar surface area (TPSA) is 87.3 Å². The third kappa shape index (κ3) is 3.20. The van der Waals surface area contributed by atoms with E-state index in [1.54, 1.807) is 0 Å². The minimum Gasteiger partial charge on any atom is -0.461 e. The summed E-state index contributed by atoms with van der Waals surface area (Å²) in [6, 6.07) is 0.806. The van der Waals surface area contributed by atoms with Gasteiger partial charge in [0.05, 0.1) is 17.8 Å². The Morgan fingerprint density at radius 1 is 1.71 bits per heavy atom. The number of carbonyl (C=O) groups excluding carboxylic acids is 1. The molecular weight excluding hydrogens is 240 g/mol. The third-order valence-electron chi connectivity index (χ3n) is 1.75. The minimum atomic E-state index is -2.78. The van der Waals surface area contributed by atoms with E-state index < -0.39 is 29.7 Å². The van der Waals surface area contributed by atoms with Gasteiger partial charge in [0.15, 0.2) is 5.69 Å². The highest BCUT2D eigenvalue weighted by molar-refractivity contribution is 5.88. The SMILES string of the molecule is CCOC(=O)c1cc([N+](=O)[O-])nn1CC(F)F. The van der Waals surface area contributed by atoms with E-state index in [0.29, 0.717) is 4.68 Å². The first kappa shape index (κ1) is 13.0. The van der Waals surface area contributed by atoms with E-state index in [4.69, 9.17) is 0 Å². The number of alkyl halides is 2. The van der Waals surface area contributed by atoms with Crippen molar-refractivity contribution in [3.05, 3.63) is 21.9 Å². The van der Waals surface area contributed by atoms with Crippen molar-refractivity contribution in [2.24, 2.45) is 0 Å². The molecule has 0 amide bonds. The van der Waals surface area contributed by atoms with E-state index in [1.807, 2.05) is 0 Å². The fourth-order valence-electron chi connectivity index (χ4n) is 1.13. The maximum atomic E-state index is 12.2. The molecule has 0 N–H and O–H groups in total. The Labute approximate surface area is 94.1 Å². The van der Waals surface area contributed by atoms with Crippen LogP contribution >= 0.6 is 0 Å². The molecule has 1 rings (SSSR count). The fraction of sp³-hybridized carbons (Fsp3) is 0.500. The van der Waals surface area contributed by atoms with E-state index in [-0.39, 0.29) is 12.3 Å². The summed E-state index contributed by atoms with van der Waals surface area (Å²) in [7, 11) is 0. The molecule has 9 heteroatoms. The normalized spacial score (nSPS) is 10.6. The molecule has 94 valence electrons. The van der Waals surface area contributed by atoms with Crippen LogP contribution in [-0.2, 0) is 11.3 Å². The highest BCUT2D eigenvalue weighted by Crippen LogP contribution is 2.14. The van der Waals surface area contributed by atoms with Crippen molar-refractivity contribution in [1.29, 1.82) is 0 Å². The first-order valence-corrected chi connectivity index (χ1v) is 4.63. The molecule has 0 aliphatic rings. The van der Waals surface area contributed by atoms with Crippen molar-refractivity contribution in [1.82, 2.24) is 9.78 Å². The van der Waals surface area contributed by atoms with Gasteiger partial charge in [0.2, 0.25) is 0 Å². The van der Waals surface area contributed by atoms with Crippen molar-refractivity contribution < 1.29 is 23.2 Å². The Hall–Kier alpha value is -2.06. The molecule has 1 aromatic heterocycles. The number of ether oxygens (including phenoxy) is 1. The first-order valence-electron chi connectivity index (χ1n) is 4.63. The Morgan fingerprint density at radius 2 is 2.35 bits per heavy atom. The minimum absolute atomic E-state index is 0.0342. The van der Waals surface area contributed by atoms with E-state index in [2.05, 4.69) is 9.84 Å². The number of hydrogen-bond donors (Lipinski definition) is 0. The Kier molecular flexibility index (Phi) is 4.07. The quantitative estimate of drug-likeness (QED) is 0.445. The molecule has 0 aliphatic carbocycles. The van der Waals surface area contributed by atoms with Crippen LogP contribution < -0.4 is 0 Å². The van der Waals surface area contributed by atoms with Gasteiger partial charge in [-0.15, -0.1) is 0 Å². The second-order valence-corrected chi connectivity index (χ2v) is 2.94. The van der Waals surface area contributed by atoms with Crippen LogP contribution in [0, 0.1) is 10.1 Å². The van der Waals surface area contributed by atoms with Crippen LogP contribution in [0.3, 0.4) is 0 Å². The number of aromatic nitrogens is 2. The smallest absolute Gasteiger partial charge is 0.390 e. The van der Waals surface area contributed by atoms with Gasteiger partial charge in [-0.05, 0) is 11.8 Å². The van der Waals surface area contributed by atoms with Crippen LogP contribution in [0.1, 0.15) is 17.4 Å². The van der Waals surface area contributed by atoms with Crippen molar-refractivity contribution in [2.75, 3.05) is 6.61 Å². The molecule has 0 spiro atoms. The molecule has 0 atom stereocenters. The number of nitrogens with zero attached hydrogens (tertiary/aromatic N) is 3. The lowest BCUT2D eigenvalue weighted by atomic mass is 10.4. The summed E-state index contributed by atoms with van der Waals surface area (Å²) in [6.45, 7) is 0.661. The van der Waals surface area contributed by atoms with Crippen molar-refractivity contribution in [3.63, 3.8) is 0 Å². The highest BCUT2D eigenvalue weighted by atomic mass is 19.3. The Morgan fingerprint density at radius 3 is 2.82 bits per heavy atom. The first-order chi connectivity index (χ1) is 7.95. The lowest BCUT2D eigenvalue weighted by molar-refractivity contribution is -0.389. The predicted molar refractivity (Wildman–Crippen MR) is 50.8 cm³/mol. The molecule has 17 heavy (non-hydrogen) atoms. The molecule has 1 aromatic rings. The largest absolute Gasteiger partial charge is 0.461 e. The van der Waals surface area contributed by atoms with E-state index in [0.717, 1.165) is 6.07 Å². The van der Waals surface area contributed by atoms with Gasteiger partial charge in [-0.2, -0.15) is 4.68 Å². The van der Waals surface area contributed by atoms with Crippen molar-refractivity contribution in [3.8, 4) is 0 Å². The zero-order chi connectivity index (χ0) is 13.0. The van der Waals surface area contributed by atoms with Gasteiger partial charge in [-0.3, -0.25) is 0 Å². The zero-order valence-corrected chi connectivity index (χ0v) is 8.80. The number of esters is 1. The second-order valence-electron chi connectivity index (χ2n) is 2.94. The van der Waals surface area contributed by atoms with Crippen LogP contribution in [-0.4, -0.2) is 33.7 Å². The molecule has 0 saturated carbocycles. The number of carbonyl (C=O) groups is 1. The number of rotatable bonds is 5. The molecular formula is C8H9F2N3O4. The summed E-state index contributed by atoms with van der Waals surface area (Å²) in [6.07, 6.45) is -2.78. The molecule has 0 saturated heterocycles. The molecule has 1 heterocycles. The fourth-order valence-corrected chi connectivity index (χ4v) is 1.13. The van der Waals surface area contributed by atoms with Gasteiger partial charge in [0.25, 0.3) is 6.43 Å². The predicted octanol–water partition coefficient (Wildman–Crippen LogP) is 1.23. The lowest BCUT2D eigenvalue weighted by Crippen LogP contribution is -2.16. The second kappa shape index (κ2) is 5.32. The van der Waals surface area contributed by atoms with Crippen LogP contribution in [0.25, 0.3) is 0 Å². The number of hydrogen-bond acceptors (Lipinski definition) is 5. The summed E-state index contributed by atoms with van der Waals surface area (Å²) >= 11 is 0. The molecule has 0 unspecified atom stereocenters. The van der Waals surface area contributed by atoms with Crippen LogP contribution in [0.2, 0.25) is 0 Å². The molecule has 0 radical (unpaired) electrons. The highest BCUT2D eigenvalue weighted by Gasteiger charge is 2.25. The summed E-state index contributed by atoms with van der Waals surface area (Å²) in [5.74, 6) is -1.59. The van der Waals surface area contributed by atoms with E-state index in [9.17, 15) is 23.7 Å². The van der Waals surface area contributed by atoms with Gasteiger partial charge in [0, 0.05) is 0 Å².